The summed E-state index contributed by atoms with van der Waals surface area (Å²) < 4.78 is 29.0. The first-order chi connectivity index (χ1) is 10.6. The van der Waals surface area contributed by atoms with Crippen molar-refractivity contribution in [3.63, 3.8) is 0 Å². The highest BCUT2D eigenvalue weighted by Gasteiger charge is 2.19. The number of fused-ring (bicyclic) bond motifs is 1. The Morgan fingerprint density at radius 1 is 1.14 bits per heavy atom. The molecule has 118 valence electrons. The van der Waals surface area contributed by atoms with Crippen LogP contribution in [0.3, 0.4) is 0 Å². The van der Waals surface area contributed by atoms with E-state index in [0.29, 0.717) is 17.5 Å². The van der Waals surface area contributed by atoms with Gasteiger partial charge < -0.3 is 0 Å². The number of hydrogen-bond acceptors (Lipinski definition) is 2. The largest absolute Gasteiger partial charge is 0.379 e. The van der Waals surface area contributed by atoms with Gasteiger partial charge in [0.2, 0.25) is 0 Å². The summed E-state index contributed by atoms with van der Waals surface area (Å²) in [6.45, 7) is -3.67. The molecule has 0 N–H and O–H groups in total. The number of halogens is 3. The molecule has 2 aromatic rings. The molecule has 1 heterocycles. The molecular formula is C17H17F3OS. The SMILES string of the molecule is FC(F)F.O=C(CC1CCCS1)c1ccc2ccccc2c1. The predicted octanol–water partition coefficient (Wildman–Crippen LogP) is 5.49. The van der Waals surface area contributed by atoms with E-state index in [1.54, 1.807) is 0 Å². The minimum atomic E-state index is -3.67. The third-order valence-corrected chi connectivity index (χ3v) is 4.91. The van der Waals surface area contributed by atoms with Crippen LogP contribution in [0.15, 0.2) is 42.5 Å². The minimum Gasteiger partial charge on any atom is -0.294 e. The summed E-state index contributed by atoms with van der Waals surface area (Å²) in [6.07, 6.45) is 3.16. The second-order valence-electron chi connectivity index (χ2n) is 5.07. The molecule has 0 spiro atoms. The first kappa shape index (κ1) is 16.9. The van der Waals surface area contributed by atoms with E-state index in [4.69, 9.17) is 0 Å². The van der Waals surface area contributed by atoms with E-state index in [9.17, 15) is 18.0 Å². The number of hydrogen-bond donors (Lipinski definition) is 0. The van der Waals surface area contributed by atoms with Crippen LogP contribution < -0.4 is 0 Å². The quantitative estimate of drug-likeness (QED) is 0.694. The molecule has 0 radical (unpaired) electrons. The van der Waals surface area contributed by atoms with Crippen LogP contribution in [0.4, 0.5) is 13.2 Å². The highest BCUT2D eigenvalue weighted by Crippen LogP contribution is 2.30. The van der Waals surface area contributed by atoms with E-state index in [-0.39, 0.29) is 0 Å². The van der Waals surface area contributed by atoms with Gasteiger partial charge in [-0.25, -0.2) is 0 Å². The molecule has 0 aromatic heterocycles. The number of benzene rings is 2. The van der Waals surface area contributed by atoms with Crippen LogP contribution in [-0.2, 0) is 0 Å². The zero-order valence-corrected chi connectivity index (χ0v) is 12.8. The van der Waals surface area contributed by atoms with E-state index in [2.05, 4.69) is 12.1 Å². The van der Waals surface area contributed by atoms with Crippen molar-refractivity contribution < 1.29 is 18.0 Å². The van der Waals surface area contributed by atoms with E-state index in [0.717, 1.165) is 10.9 Å². The summed E-state index contributed by atoms with van der Waals surface area (Å²) in [4.78, 5) is 12.2. The van der Waals surface area contributed by atoms with Crippen molar-refractivity contribution in [2.75, 3.05) is 5.75 Å². The summed E-state index contributed by atoms with van der Waals surface area (Å²) in [5, 5.41) is 2.90. The fourth-order valence-corrected chi connectivity index (χ4v) is 3.76. The molecule has 0 saturated carbocycles. The van der Waals surface area contributed by atoms with Gasteiger partial charge in [-0.05, 0) is 35.4 Å². The van der Waals surface area contributed by atoms with Crippen LogP contribution in [0.25, 0.3) is 10.8 Å². The topological polar surface area (TPSA) is 17.1 Å². The summed E-state index contributed by atoms with van der Waals surface area (Å²) in [7, 11) is 0. The van der Waals surface area contributed by atoms with Crippen LogP contribution in [0.2, 0.25) is 0 Å². The number of carbonyl (C=O) groups is 1. The molecule has 0 bridgehead atoms. The van der Waals surface area contributed by atoms with Gasteiger partial charge in [-0.1, -0.05) is 36.4 Å². The predicted molar refractivity (Wildman–Crippen MR) is 85.5 cm³/mol. The maximum Gasteiger partial charge on any atom is 0.379 e. The highest BCUT2D eigenvalue weighted by atomic mass is 32.2. The van der Waals surface area contributed by atoms with Gasteiger partial charge in [0, 0.05) is 17.2 Å². The summed E-state index contributed by atoms with van der Waals surface area (Å²) in [5.41, 5.74) is 0.862. The summed E-state index contributed by atoms with van der Waals surface area (Å²) in [5.74, 6) is 1.51. The van der Waals surface area contributed by atoms with Gasteiger partial charge in [0.1, 0.15) is 0 Å². The van der Waals surface area contributed by atoms with E-state index < -0.39 is 6.68 Å². The van der Waals surface area contributed by atoms with Crippen LogP contribution in [-0.4, -0.2) is 23.5 Å². The fourth-order valence-electron chi connectivity index (χ4n) is 2.49. The maximum absolute atomic E-state index is 12.2. The van der Waals surface area contributed by atoms with Gasteiger partial charge in [-0.2, -0.15) is 24.9 Å². The molecule has 1 fully saturated rings. The number of thioether (sulfide) groups is 1. The molecule has 3 rings (SSSR count). The van der Waals surface area contributed by atoms with Crippen molar-refractivity contribution >= 4 is 28.3 Å². The number of alkyl halides is 3. The van der Waals surface area contributed by atoms with Crippen LogP contribution in [0.5, 0.6) is 0 Å². The van der Waals surface area contributed by atoms with Crippen LogP contribution >= 0.6 is 11.8 Å². The Morgan fingerprint density at radius 2 is 1.82 bits per heavy atom. The van der Waals surface area contributed by atoms with Crippen molar-refractivity contribution in [3.05, 3.63) is 48.0 Å². The highest BCUT2D eigenvalue weighted by molar-refractivity contribution is 8.00. The Hall–Kier alpha value is -1.49. The lowest BCUT2D eigenvalue weighted by atomic mass is 10.0. The van der Waals surface area contributed by atoms with E-state index in [1.165, 1.54) is 24.0 Å². The molecule has 0 aliphatic carbocycles. The molecule has 1 atom stereocenters. The van der Waals surface area contributed by atoms with Crippen molar-refractivity contribution in [1.82, 2.24) is 0 Å². The Labute approximate surface area is 131 Å². The maximum atomic E-state index is 12.2. The normalized spacial score (nSPS) is 17.4. The van der Waals surface area contributed by atoms with Gasteiger partial charge in [0.05, 0.1) is 0 Å². The second-order valence-corrected chi connectivity index (χ2v) is 6.48. The van der Waals surface area contributed by atoms with E-state index in [1.807, 2.05) is 42.1 Å². The molecule has 5 heteroatoms. The van der Waals surface area contributed by atoms with Gasteiger partial charge in [-0.15, -0.1) is 0 Å². The van der Waals surface area contributed by atoms with Gasteiger partial charge in [-0.3, -0.25) is 4.79 Å². The first-order valence-corrected chi connectivity index (χ1v) is 8.17. The van der Waals surface area contributed by atoms with Gasteiger partial charge in [0.15, 0.2) is 5.78 Å². The van der Waals surface area contributed by atoms with Crippen molar-refractivity contribution in [3.8, 4) is 0 Å². The second kappa shape index (κ2) is 8.22. The van der Waals surface area contributed by atoms with E-state index >= 15 is 0 Å². The van der Waals surface area contributed by atoms with Crippen molar-refractivity contribution in [2.24, 2.45) is 0 Å². The zero-order chi connectivity index (χ0) is 15.9. The van der Waals surface area contributed by atoms with Crippen molar-refractivity contribution in [2.45, 2.75) is 31.2 Å². The molecule has 1 unspecified atom stereocenters. The molecule has 1 saturated heterocycles. The Morgan fingerprint density at radius 3 is 2.45 bits per heavy atom. The van der Waals surface area contributed by atoms with Gasteiger partial charge >= 0.3 is 6.68 Å². The van der Waals surface area contributed by atoms with Gasteiger partial charge in [0.25, 0.3) is 0 Å². The smallest absolute Gasteiger partial charge is 0.294 e. The van der Waals surface area contributed by atoms with Crippen molar-refractivity contribution in [1.29, 1.82) is 0 Å². The first-order valence-electron chi connectivity index (χ1n) is 7.12. The number of ketones is 1. The number of carbonyl (C=O) groups excluding carboxylic acids is 1. The molecular weight excluding hydrogens is 309 g/mol. The monoisotopic (exact) mass is 326 g/mol. The lowest BCUT2D eigenvalue weighted by molar-refractivity contribution is 0.00818. The molecule has 1 nitrogen and oxygen atoms in total. The lowest BCUT2D eigenvalue weighted by Gasteiger charge is -2.08. The number of rotatable bonds is 3. The Kier molecular flexibility index (Phi) is 6.31. The molecule has 1 aliphatic rings. The minimum absolute atomic E-state index is 0.292. The average molecular weight is 326 g/mol. The average Bonchev–Trinajstić information content (AvgIpc) is 2.99. The Balaban J connectivity index is 0.000000396. The fraction of sp³-hybridized carbons (Fsp3) is 0.353. The van der Waals surface area contributed by atoms with Crippen LogP contribution in [0.1, 0.15) is 29.6 Å². The molecule has 1 aliphatic heterocycles. The van der Waals surface area contributed by atoms with Crippen LogP contribution in [0, 0.1) is 0 Å². The number of Topliss-reactive ketones (excluding diaryl/α,β-unsaturated/α-hetero) is 1. The molecule has 0 amide bonds. The molecule has 22 heavy (non-hydrogen) atoms. The third kappa shape index (κ3) is 5.05. The zero-order valence-electron chi connectivity index (χ0n) is 12.0. The molecule has 2 aromatic carbocycles. The summed E-state index contributed by atoms with van der Waals surface area (Å²) >= 11 is 1.95. The Bertz CT molecular complexity index is 621. The summed E-state index contributed by atoms with van der Waals surface area (Å²) in [6, 6.07) is 14.2. The third-order valence-electron chi connectivity index (χ3n) is 3.51. The lowest BCUT2D eigenvalue weighted by Crippen LogP contribution is -2.07. The standard InChI is InChI=1S/C16H16OS.CHF3/c17-16(11-15-6-3-9-18-15)14-8-7-12-4-1-2-5-13(12)10-14;2-1(3)4/h1-2,4-5,7-8,10,15H,3,6,9,11H2;1H.